The van der Waals surface area contributed by atoms with Gasteiger partial charge in [0.25, 0.3) is 0 Å². The van der Waals surface area contributed by atoms with Gasteiger partial charge < -0.3 is 15.1 Å². The van der Waals surface area contributed by atoms with Gasteiger partial charge in [-0.15, -0.1) is 0 Å². The second-order valence-electron chi connectivity index (χ2n) is 3.07. The lowest BCUT2D eigenvalue weighted by Gasteiger charge is -2.40. The molecule has 1 fully saturated rings. The van der Waals surface area contributed by atoms with Crippen molar-refractivity contribution in [2.45, 2.75) is 6.04 Å². The Kier molecular flexibility index (Phi) is 2.34. The van der Waals surface area contributed by atoms with Crippen molar-refractivity contribution in [2.24, 2.45) is 0 Å². The van der Waals surface area contributed by atoms with Gasteiger partial charge in [-0.2, -0.15) is 0 Å². The fourth-order valence-corrected chi connectivity index (χ4v) is 1.10. The number of hydrogen-bond donors (Lipinski definition) is 1. The Bertz CT molecular complexity index is 152. The van der Waals surface area contributed by atoms with Gasteiger partial charge in [-0.1, -0.05) is 0 Å². The van der Waals surface area contributed by atoms with Crippen molar-refractivity contribution in [2.75, 3.05) is 34.2 Å². The molecule has 1 saturated heterocycles. The number of urea groups is 1. The summed E-state index contributed by atoms with van der Waals surface area (Å²) in [6.45, 7) is 1.68. The zero-order chi connectivity index (χ0) is 8.43. The van der Waals surface area contributed by atoms with Gasteiger partial charge in [0.2, 0.25) is 0 Å². The van der Waals surface area contributed by atoms with Crippen molar-refractivity contribution in [1.82, 2.24) is 15.1 Å². The van der Waals surface area contributed by atoms with E-state index in [0.29, 0.717) is 6.04 Å². The molecule has 0 aromatic rings. The van der Waals surface area contributed by atoms with Crippen molar-refractivity contribution in [1.29, 1.82) is 0 Å². The van der Waals surface area contributed by atoms with Gasteiger partial charge in [-0.3, -0.25) is 0 Å². The van der Waals surface area contributed by atoms with Gasteiger partial charge in [-0.05, 0) is 7.05 Å². The first-order chi connectivity index (χ1) is 5.15. The van der Waals surface area contributed by atoms with Crippen LogP contribution in [0, 0.1) is 0 Å². The van der Waals surface area contributed by atoms with Crippen LogP contribution in [0.5, 0.6) is 0 Å². The molecule has 4 heteroatoms. The van der Waals surface area contributed by atoms with E-state index in [2.05, 4.69) is 5.32 Å². The van der Waals surface area contributed by atoms with Crippen LogP contribution in [0.25, 0.3) is 0 Å². The van der Waals surface area contributed by atoms with Gasteiger partial charge in [0, 0.05) is 33.2 Å². The maximum absolute atomic E-state index is 11.2. The number of carbonyl (C=O) groups excluding carboxylic acids is 1. The van der Waals surface area contributed by atoms with Crippen molar-refractivity contribution in [3.63, 3.8) is 0 Å². The van der Waals surface area contributed by atoms with E-state index in [0.717, 1.165) is 13.1 Å². The minimum absolute atomic E-state index is 0.108. The normalized spacial score (nSPS) is 17.9. The van der Waals surface area contributed by atoms with Gasteiger partial charge in [-0.25, -0.2) is 4.79 Å². The highest BCUT2D eigenvalue weighted by Crippen LogP contribution is 2.08. The topological polar surface area (TPSA) is 35.6 Å². The van der Waals surface area contributed by atoms with Crippen molar-refractivity contribution in [3.8, 4) is 0 Å². The smallest absolute Gasteiger partial charge is 0.319 e. The van der Waals surface area contributed by atoms with E-state index in [1.165, 1.54) is 0 Å². The molecule has 1 aliphatic rings. The van der Waals surface area contributed by atoms with E-state index in [1.807, 2.05) is 11.9 Å². The molecular formula is C7H15N3O. The minimum Gasteiger partial charge on any atom is -0.331 e. The Labute approximate surface area is 67.2 Å². The molecule has 0 unspecified atom stereocenters. The number of likely N-dealkylation sites (tertiary alicyclic amines) is 1. The Balaban J connectivity index is 2.27. The first kappa shape index (κ1) is 8.33. The largest absolute Gasteiger partial charge is 0.331 e. The van der Waals surface area contributed by atoms with Gasteiger partial charge in [0.05, 0.1) is 0 Å². The number of nitrogens with one attached hydrogen (secondary N) is 1. The highest BCUT2D eigenvalue weighted by Gasteiger charge is 2.29. The molecule has 0 radical (unpaired) electrons. The number of amides is 2. The summed E-state index contributed by atoms with van der Waals surface area (Å²) in [5, 5.41) is 3.11. The average molecular weight is 157 g/mol. The summed E-state index contributed by atoms with van der Waals surface area (Å²) < 4.78 is 0. The van der Waals surface area contributed by atoms with Gasteiger partial charge >= 0.3 is 6.03 Å². The molecule has 0 aliphatic carbocycles. The van der Waals surface area contributed by atoms with E-state index in [9.17, 15) is 4.79 Å². The van der Waals surface area contributed by atoms with E-state index < -0.39 is 0 Å². The number of nitrogens with zero attached hydrogens (tertiary/aromatic N) is 2. The zero-order valence-electron chi connectivity index (χ0n) is 7.29. The maximum atomic E-state index is 11.2. The molecule has 1 heterocycles. The molecule has 0 aromatic carbocycles. The summed E-state index contributed by atoms with van der Waals surface area (Å²) in [4.78, 5) is 14.6. The fraction of sp³-hybridized carbons (Fsp3) is 0.857. The van der Waals surface area contributed by atoms with E-state index >= 15 is 0 Å². The van der Waals surface area contributed by atoms with Crippen LogP contribution in [0.3, 0.4) is 0 Å². The highest BCUT2D eigenvalue weighted by atomic mass is 16.2. The molecule has 0 bridgehead atoms. The summed E-state index contributed by atoms with van der Waals surface area (Å²) >= 11 is 0. The molecule has 4 nitrogen and oxygen atoms in total. The summed E-state index contributed by atoms with van der Waals surface area (Å²) in [6, 6.07) is 0.607. The molecule has 0 saturated carbocycles. The first-order valence-electron chi connectivity index (χ1n) is 3.78. The molecule has 0 spiro atoms. The zero-order valence-corrected chi connectivity index (χ0v) is 7.29. The summed E-state index contributed by atoms with van der Waals surface area (Å²) in [6.07, 6.45) is 0. The molecule has 1 rings (SSSR count). The fourth-order valence-electron chi connectivity index (χ4n) is 1.10. The van der Waals surface area contributed by atoms with Crippen molar-refractivity contribution < 1.29 is 4.79 Å². The monoisotopic (exact) mass is 157 g/mol. The minimum atomic E-state index is 0.108. The predicted molar refractivity (Wildman–Crippen MR) is 43.5 cm³/mol. The summed E-state index contributed by atoms with van der Waals surface area (Å²) in [5.41, 5.74) is 0. The molecule has 1 aliphatic heterocycles. The van der Waals surface area contributed by atoms with Crippen LogP contribution < -0.4 is 5.32 Å². The van der Waals surface area contributed by atoms with Crippen LogP contribution in [0.4, 0.5) is 4.79 Å². The molecule has 0 aromatic heterocycles. The van der Waals surface area contributed by atoms with E-state index in [4.69, 9.17) is 0 Å². The second kappa shape index (κ2) is 3.09. The number of likely N-dealkylation sites (N-methyl/N-ethyl adjacent to an activating group) is 1. The third-order valence-electron chi connectivity index (χ3n) is 1.94. The Morgan fingerprint density at radius 2 is 2.09 bits per heavy atom. The number of carbonyl (C=O) groups is 1. The van der Waals surface area contributed by atoms with Crippen LogP contribution in [0.15, 0.2) is 0 Å². The third kappa shape index (κ3) is 1.63. The average Bonchev–Trinajstić information content (AvgIpc) is 1.85. The van der Waals surface area contributed by atoms with Crippen molar-refractivity contribution in [3.05, 3.63) is 0 Å². The van der Waals surface area contributed by atoms with Crippen LogP contribution in [0.2, 0.25) is 0 Å². The SMILES string of the molecule is CNC1CN(C(=O)N(C)C)C1. The molecule has 64 valence electrons. The first-order valence-corrected chi connectivity index (χ1v) is 3.78. The Morgan fingerprint density at radius 1 is 1.55 bits per heavy atom. The molecule has 1 N–H and O–H groups in total. The quantitative estimate of drug-likeness (QED) is 0.560. The Hall–Kier alpha value is -0.770. The van der Waals surface area contributed by atoms with Crippen LogP contribution in [0.1, 0.15) is 0 Å². The van der Waals surface area contributed by atoms with Crippen molar-refractivity contribution >= 4 is 6.03 Å². The lowest BCUT2D eigenvalue weighted by molar-refractivity contribution is 0.120. The van der Waals surface area contributed by atoms with Crippen LogP contribution in [-0.2, 0) is 0 Å². The summed E-state index contributed by atoms with van der Waals surface area (Å²) in [5.74, 6) is 0. The number of hydrogen-bond acceptors (Lipinski definition) is 2. The van der Waals surface area contributed by atoms with Crippen LogP contribution >= 0.6 is 0 Å². The van der Waals surface area contributed by atoms with E-state index in [-0.39, 0.29) is 6.03 Å². The predicted octanol–water partition coefficient (Wildman–Crippen LogP) is -0.428. The second-order valence-corrected chi connectivity index (χ2v) is 3.07. The van der Waals surface area contributed by atoms with Crippen LogP contribution in [-0.4, -0.2) is 56.1 Å². The van der Waals surface area contributed by atoms with Gasteiger partial charge in [0.15, 0.2) is 0 Å². The maximum Gasteiger partial charge on any atom is 0.319 e. The van der Waals surface area contributed by atoms with E-state index in [1.54, 1.807) is 19.0 Å². The third-order valence-corrected chi connectivity index (χ3v) is 1.94. The summed E-state index contributed by atoms with van der Waals surface area (Å²) in [7, 11) is 5.46. The Morgan fingerprint density at radius 3 is 2.45 bits per heavy atom. The molecule has 11 heavy (non-hydrogen) atoms. The standard InChI is InChI=1S/C7H15N3O/c1-8-6-4-10(5-6)7(11)9(2)3/h6,8H,4-5H2,1-3H3. The number of rotatable bonds is 1. The lowest BCUT2D eigenvalue weighted by Crippen LogP contribution is -2.60. The lowest BCUT2D eigenvalue weighted by atomic mass is 10.1. The van der Waals surface area contributed by atoms with Gasteiger partial charge in [0.1, 0.15) is 0 Å². The molecular weight excluding hydrogens is 142 g/mol. The molecule has 2 amide bonds. The molecule has 0 atom stereocenters. The highest BCUT2D eigenvalue weighted by molar-refractivity contribution is 5.74.